The van der Waals surface area contributed by atoms with Gasteiger partial charge in [0.15, 0.2) is 0 Å². The molecule has 1 rings (SSSR count). The highest BCUT2D eigenvalue weighted by molar-refractivity contribution is 5.83. The van der Waals surface area contributed by atoms with Crippen molar-refractivity contribution in [1.82, 2.24) is 4.90 Å². The van der Waals surface area contributed by atoms with E-state index in [2.05, 4.69) is 0 Å². The number of carbonyl (C=O) groups is 1. The standard InChI is InChI=1S/C14H28N2O3/c1-19-11-9-16(8-10-17)13(18)14(12-15)6-4-2-3-5-7-14/h17H,2-12,15H2,1H3. The summed E-state index contributed by atoms with van der Waals surface area (Å²) in [5, 5.41) is 9.13. The van der Waals surface area contributed by atoms with Gasteiger partial charge in [0.05, 0.1) is 18.6 Å². The summed E-state index contributed by atoms with van der Waals surface area (Å²) in [4.78, 5) is 14.5. The largest absolute Gasteiger partial charge is 0.395 e. The summed E-state index contributed by atoms with van der Waals surface area (Å²) in [5.41, 5.74) is 5.51. The molecule has 5 heteroatoms. The van der Waals surface area contributed by atoms with Gasteiger partial charge in [0.2, 0.25) is 5.91 Å². The van der Waals surface area contributed by atoms with Gasteiger partial charge in [-0.05, 0) is 12.8 Å². The second-order valence-electron chi connectivity index (χ2n) is 5.41. The Labute approximate surface area is 116 Å². The number of aliphatic hydroxyl groups is 1. The van der Waals surface area contributed by atoms with Crippen LogP contribution in [0.15, 0.2) is 0 Å². The first-order chi connectivity index (χ1) is 9.20. The first kappa shape index (κ1) is 16.4. The first-order valence-corrected chi connectivity index (χ1v) is 7.29. The van der Waals surface area contributed by atoms with E-state index in [0.717, 1.165) is 25.7 Å². The highest BCUT2D eigenvalue weighted by Crippen LogP contribution is 2.35. The third kappa shape index (κ3) is 4.44. The van der Waals surface area contributed by atoms with Crippen molar-refractivity contribution in [3.05, 3.63) is 0 Å². The normalized spacial score (nSPS) is 18.9. The molecule has 0 aliphatic heterocycles. The molecule has 1 saturated carbocycles. The number of aliphatic hydroxyl groups excluding tert-OH is 1. The van der Waals surface area contributed by atoms with Crippen LogP contribution in [0.4, 0.5) is 0 Å². The van der Waals surface area contributed by atoms with Crippen molar-refractivity contribution in [3.63, 3.8) is 0 Å². The average molecular weight is 272 g/mol. The molecule has 1 aliphatic rings. The molecular formula is C14H28N2O3. The molecule has 0 atom stereocenters. The van der Waals surface area contributed by atoms with Crippen LogP contribution in [0, 0.1) is 5.41 Å². The van der Waals surface area contributed by atoms with Crippen LogP contribution in [0.3, 0.4) is 0 Å². The second kappa shape index (κ2) is 8.51. The summed E-state index contributed by atoms with van der Waals surface area (Å²) in [6.45, 7) is 1.77. The molecule has 0 spiro atoms. The maximum absolute atomic E-state index is 12.8. The molecule has 0 radical (unpaired) electrons. The number of methoxy groups -OCH3 is 1. The lowest BCUT2D eigenvalue weighted by molar-refractivity contribution is -0.143. The second-order valence-corrected chi connectivity index (χ2v) is 5.41. The SMILES string of the molecule is COCCN(CCO)C(=O)C1(CN)CCCCCC1. The fraction of sp³-hybridized carbons (Fsp3) is 0.929. The van der Waals surface area contributed by atoms with Gasteiger partial charge in [-0.3, -0.25) is 4.79 Å². The minimum atomic E-state index is -0.417. The minimum absolute atomic E-state index is 0.0178. The zero-order chi connectivity index (χ0) is 14.1. The lowest BCUT2D eigenvalue weighted by Gasteiger charge is -2.35. The Hall–Kier alpha value is -0.650. The predicted octanol–water partition coefficient (Wildman–Crippen LogP) is 0.753. The van der Waals surface area contributed by atoms with E-state index in [-0.39, 0.29) is 12.5 Å². The Kier molecular flexibility index (Phi) is 7.34. The lowest BCUT2D eigenvalue weighted by Crippen LogP contribution is -2.49. The van der Waals surface area contributed by atoms with E-state index >= 15 is 0 Å². The lowest BCUT2D eigenvalue weighted by atomic mass is 9.79. The van der Waals surface area contributed by atoms with E-state index in [1.807, 2.05) is 0 Å². The van der Waals surface area contributed by atoms with Crippen molar-refractivity contribution >= 4 is 5.91 Å². The summed E-state index contributed by atoms with van der Waals surface area (Å²) in [6.07, 6.45) is 6.26. The van der Waals surface area contributed by atoms with Crippen LogP contribution in [-0.2, 0) is 9.53 Å². The molecule has 0 aromatic carbocycles. The fourth-order valence-electron chi connectivity index (χ4n) is 2.88. The van der Waals surface area contributed by atoms with Crippen LogP contribution in [0.25, 0.3) is 0 Å². The molecular weight excluding hydrogens is 244 g/mol. The molecule has 0 aromatic heterocycles. The molecule has 19 heavy (non-hydrogen) atoms. The highest BCUT2D eigenvalue weighted by Gasteiger charge is 2.39. The maximum Gasteiger partial charge on any atom is 0.230 e. The van der Waals surface area contributed by atoms with Gasteiger partial charge in [-0.2, -0.15) is 0 Å². The van der Waals surface area contributed by atoms with Gasteiger partial charge >= 0.3 is 0 Å². The van der Waals surface area contributed by atoms with Gasteiger partial charge in [0, 0.05) is 26.7 Å². The van der Waals surface area contributed by atoms with Crippen LogP contribution < -0.4 is 5.73 Å². The van der Waals surface area contributed by atoms with Crippen molar-refractivity contribution in [2.75, 3.05) is 40.0 Å². The van der Waals surface area contributed by atoms with Crippen molar-refractivity contribution < 1.29 is 14.6 Å². The van der Waals surface area contributed by atoms with E-state index in [1.165, 1.54) is 12.8 Å². The third-order valence-corrected chi connectivity index (χ3v) is 4.13. The zero-order valence-electron chi connectivity index (χ0n) is 12.1. The average Bonchev–Trinajstić information content (AvgIpc) is 2.69. The monoisotopic (exact) mass is 272 g/mol. The zero-order valence-corrected chi connectivity index (χ0v) is 12.1. The van der Waals surface area contributed by atoms with Crippen molar-refractivity contribution in [1.29, 1.82) is 0 Å². The predicted molar refractivity (Wildman–Crippen MR) is 74.7 cm³/mol. The minimum Gasteiger partial charge on any atom is -0.395 e. The molecule has 0 unspecified atom stereocenters. The third-order valence-electron chi connectivity index (χ3n) is 4.13. The van der Waals surface area contributed by atoms with Gasteiger partial charge in [0.25, 0.3) is 0 Å². The molecule has 1 aliphatic carbocycles. The van der Waals surface area contributed by atoms with Gasteiger partial charge in [-0.1, -0.05) is 25.7 Å². The topological polar surface area (TPSA) is 75.8 Å². The Morgan fingerprint density at radius 1 is 1.26 bits per heavy atom. The molecule has 0 saturated heterocycles. The molecule has 0 heterocycles. The number of hydrogen-bond donors (Lipinski definition) is 2. The van der Waals surface area contributed by atoms with E-state index < -0.39 is 5.41 Å². The van der Waals surface area contributed by atoms with Crippen LogP contribution in [0.1, 0.15) is 38.5 Å². The van der Waals surface area contributed by atoms with Gasteiger partial charge in [-0.25, -0.2) is 0 Å². The summed E-state index contributed by atoms with van der Waals surface area (Å²) >= 11 is 0. The van der Waals surface area contributed by atoms with Crippen LogP contribution in [-0.4, -0.2) is 55.9 Å². The number of nitrogens with two attached hydrogens (primary N) is 1. The van der Waals surface area contributed by atoms with Crippen LogP contribution in [0.5, 0.6) is 0 Å². The van der Waals surface area contributed by atoms with E-state index in [4.69, 9.17) is 15.6 Å². The Morgan fingerprint density at radius 3 is 2.37 bits per heavy atom. The molecule has 1 amide bonds. The number of nitrogens with zero attached hydrogens (tertiary/aromatic N) is 1. The quantitative estimate of drug-likeness (QED) is 0.671. The van der Waals surface area contributed by atoms with Gasteiger partial charge in [-0.15, -0.1) is 0 Å². The van der Waals surface area contributed by atoms with Gasteiger partial charge in [0.1, 0.15) is 0 Å². The van der Waals surface area contributed by atoms with Gasteiger partial charge < -0.3 is 20.5 Å². The summed E-state index contributed by atoms with van der Waals surface area (Å²) in [6, 6.07) is 0. The van der Waals surface area contributed by atoms with Crippen molar-refractivity contribution in [2.24, 2.45) is 11.1 Å². The van der Waals surface area contributed by atoms with Crippen LogP contribution in [0.2, 0.25) is 0 Å². The molecule has 3 N–H and O–H groups in total. The number of rotatable bonds is 7. The summed E-state index contributed by atoms with van der Waals surface area (Å²) in [5.74, 6) is 0.100. The van der Waals surface area contributed by atoms with Crippen molar-refractivity contribution in [2.45, 2.75) is 38.5 Å². The number of amides is 1. The molecule has 0 aromatic rings. The number of carbonyl (C=O) groups excluding carboxylic acids is 1. The van der Waals surface area contributed by atoms with E-state index in [0.29, 0.717) is 26.2 Å². The fourth-order valence-corrected chi connectivity index (χ4v) is 2.88. The molecule has 1 fully saturated rings. The van der Waals surface area contributed by atoms with E-state index in [9.17, 15) is 4.79 Å². The summed E-state index contributed by atoms with van der Waals surface area (Å²) < 4.78 is 5.04. The maximum atomic E-state index is 12.8. The molecule has 0 bridgehead atoms. The molecule has 5 nitrogen and oxygen atoms in total. The smallest absolute Gasteiger partial charge is 0.230 e. The Morgan fingerprint density at radius 2 is 1.89 bits per heavy atom. The Balaban J connectivity index is 2.76. The van der Waals surface area contributed by atoms with Crippen molar-refractivity contribution in [3.8, 4) is 0 Å². The highest BCUT2D eigenvalue weighted by atomic mass is 16.5. The molecule has 112 valence electrons. The first-order valence-electron chi connectivity index (χ1n) is 7.29. The Bertz CT molecular complexity index is 263. The van der Waals surface area contributed by atoms with Crippen LogP contribution >= 0.6 is 0 Å². The number of ether oxygens (including phenoxy) is 1. The summed E-state index contributed by atoms with van der Waals surface area (Å²) in [7, 11) is 1.62. The van der Waals surface area contributed by atoms with E-state index in [1.54, 1.807) is 12.0 Å². The number of hydrogen-bond acceptors (Lipinski definition) is 4.